The molecule has 4 aromatic carbocycles. The number of rotatable bonds is 4. The van der Waals surface area contributed by atoms with Gasteiger partial charge in [-0.3, -0.25) is 9.11 Å². The second-order valence-corrected chi connectivity index (χ2v) is 9.94. The average molecular weight is 488 g/mol. The molecule has 0 bridgehead atoms. The molecule has 0 aliphatic rings. The lowest BCUT2D eigenvalue weighted by Crippen LogP contribution is -2.19. The summed E-state index contributed by atoms with van der Waals surface area (Å²) in [4.78, 5) is 11.7. The predicted octanol–water partition coefficient (Wildman–Crippen LogP) is 3.84. The average Bonchev–Trinajstić information content (AvgIpc) is 2.72. The third-order valence-electron chi connectivity index (χ3n) is 4.86. The molecule has 33 heavy (non-hydrogen) atoms. The monoisotopic (exact) mass is 488 g/mol. The summed E-state index contributed by atoms with van der Waals surface area (Å²) < 4.78 is 64.2. The molecule has 2 amide bonds. The number of anilines is 2. The van der Waals surface area contributed by atoms with E-state index in [-0.39, 0.29) is 27.4 Å². The Morgan fingerprint density at radius 3 is 2.12 bits per heavy atom. The molecule has 4 aromatic rings. The van der Waals surface area contributed by atoms with Crippen LogP contribution in [0.25, 0.3) is 21.5 Å². The fourth-order valence-corrected chi connectivity index (χ4v) is 4.40. The number of urea groups is 1. The summed E-state index contributed by atoms with van der Waals surface area (Å²) in [5, 5.41) is 16.7. The van der Waals surface area contributed by atoms with E-state index in [1.807, 2.05) is 0 Å². The largest absolute Gasteiger partial charge is 0.507 e. The Kier molecular flexibility index (Phi) is 5.46. The number of carbonyl (C=O) groups excluding carboxylic acids is 1. The third kappa shape index (κ3) is 4.73. The number of fused-ring (bicyclic) bond motifs is 2. The number of nitrogens with one attached hydrogen (secondary N) is 2. The first-order valence-corrected chi connectivity index (χ1v) is 12.1. The van der Waals surface area contributed by atoms with Gasteiger partial charge in [-0.15, -0.1) is 0 Å². The van der Waals surface area contributed by atoms with Crippen LogP contribution in [-0.2, 0) is 20.2 Å². The number of phenolic OH excluding ortho intramolecular Hbond substituents is 1. The highest BCUT2D eigenvalue weighted by atomic mass is 32.2. The summed E-state index contributed by atoms with van der Waals surface area (Å²) in [6.07, 6.45) is 0. The zero-order valence-corrected chi connectivity index (χ0v) is 18.2. The molecule has 0 aliphatic heterocycles. The smallest absolute Gasteiger partial charge is 0.323 e. The van der Waals surface area contributed by atoms with Crippen molar-refractivity contribution in [1.29, 1.82) is 0 Å². The van der Waals surface area contributed by atoms with Crippen LogP contribution in [-0.4, -0.2) is 37.1 Å². The second-order valence-electron chi connectivity index (χ2n) is 7.10. The lowest BCUT2D eigenvalue weighted by Gasteiger charge is -2.12. The van der Waals surface area contributed by atoms with Crippen molar-refractivity contribution in [3.8, 4) is 5.75 Å². The number of phenols is 1. The molecule has 5 N–H and O–H groups in total. The predicted molar refractivity (Wildman–Crippen MR) is 122 cm³/mol. The van der Waals surface area contributed by atoms with Crippen LogP contribution in [0.2, 0.25) is 0 Å². The van der Waals surface area contributed by atoms with Gasteiger partial charge in [0.05, 0.1) is 15.5 Å². The minimum absolute atomic E-state index is 0.253. The van der Waals surface area contributed by atoms with Gasteiger partial charge in [-0.05, 0) is 53.2 Å². The maximum atomic E-state index is 12.6. The van der Waals surface area contributed by atoms with Crippen molar-refractivity contribution in [2.45, 2.75) is 9.79 Å². The molecule has 0 aromatic heterocycles. The Morgan fingerprint density at radius 1 is 0.697 bits per heavy atom. The Bertz CT molecular complexity index is 1650. The minimum Gasteiger partial charge on any atom is -0.507 e. The zero-order chi connectivity index (χ0) is 24.0. The highest BCUT2D eigenvalue weighted by molar-refractivity contribution is 7.86. The van der Waals surface area contributed by atoms with E-state index in [9.17, 15) is 35.8 Å². The van der Waals surface area contributed by atoms with Crippen molar-refractivity contribution in [2.24, 2.45) is 0 Å². The van der Waals surface area contributed by atoms with Gasteiger partial charge in [-0.25, -0.2) is 4.79 Å². The summed E-state index contributed by atoms with van der Waals surface area (Å²) in [5.74, 6) is -0.360. The van der Waals surface area contributed by atoms with Crippen LogP contribution in [0.1, 0.15) is 0 Å². The lowest BCUT2D eigenvalue weighted by molar-refractivity contribution is 0.262. The van der Waals surface area contributed by atoms with E-state index in [0.717, 1.165) is 12.1 Å². The number of carbonyl (C=O) groups is 1. The lowest BCUT2D eigenvalue weighted by atomic mass is 10.1. The highest BCUT2D eigenvalue weighted by Crippen LogP contribution is 2.31. The third-order valence-corrected chi connectivity index (χ3v) is 6.54. The molecule has 0 spiro atoms. The number of benzene rings is 4. The summed E-state index contributed by atoms with van der Waals surface area (Å²) in [6, 6.07) is 14.6. The second kappa shape index (κ2) is 8.01. The Balaban J connectivity index is 1.64. The van der Waals surface area contributed by atoms with Crippen LogP contribution in [0.5, 0.6) is 5.75 Å². The van der Waals surface area contributed by atoms with E-state index in [1.165, 1.54) is 36.4 Å². The zero-order valence-electron chi connectivity index (χ0n) is 16.6. The van der Waals surface area contributed by atoms with E-state index in [2.05, 4.69) is 10.6 Å². The van der Waals surface area contributed by atoms with Crippen molar-refractivity contribution in [2.75, 3.05) is 10.6 Å². The molecular formula is C21H16N2O8S2. The van der Waals surface area contributed by atoms with E-state index in [4.69, 9.17) is 0 Å². The van der Waals surface area contributed by atoms with Crippen molar-refractivity contribution in [3.63, 3.8) is 0 Å². The number of aromatic hydroxyl groups is 1. The maximum absolute atomic E-state index is 12.6. The highest BCUT2D eigenvalue weighted by Gasteiger charge is 2.15. The first kappa shape index (κ1) is 22.5. The van der Waals surface area contributed by atoms with Gasteiger partial charge >= 0.3 is 6.03 Å². The quantitative estimate of drug-likeness (QED) is 0.270. The van der Waals surface area contributed by atoms with Crippen molar-refractivity contribution in [1.82, 2.24) is 0 Å². The molecule has 0 unspecified atom stereocenters. The fourth-order valence-electron chi connectivity index (χ4n) is 3.36. The molecule has 0 aliphatic carbocycles. The molecule has 10 nitrogen and oxygen atoms in total. The standard InChI is InChI=1S/C21H16N2O8S2/c24-20-11-16(33(29,30)31)9-13-8-14(5-7-17(13)20)22-21(25)23-19-3-1-2-12-4-6-15(10-18(12)19)32(26,27)28/h1-11,24H,(H2,22,23,25)(H,26,27,28)(H,29,30,31). The fraction of sp³-hybridized carbons (Fsp3) is 0. The van der Waals surface area contributed by atoms with Crippen LogP contribution in [0.4, 0.5) is 16.2 Å². The van der Waals surface area contributed by atoms with E-state index >= 15 is 0 Å². The summed E-state index contributed by atoms with van der Waals surface area (Å²) >= 11 is 0. The van der Waals surface area contributed by atoms with Gasteiger partial charge < -0.3 is 15.7 Å². The van der Waals surface area contributed by atoms with Crippen LogP contribution >= 0.6 is 0 Å². The SMILES string of the molecule is O=C(Nc1ccc2c(O)cc(S(=O)(=O)O)cc2c1)Nc1cccc2ccc(S(=O)(=O)O)cc12. The van der Waals surface area contributed by atoms with Crippen molar-refractivity contribution >= 4 is 59.2 Å². The van der Waals surface area contributed by atoms with Crippen molar-refractivity contribution in [3.05, 3.63) is 66.7 Å². The van der Waals surface area contributed by atoms with Gasteiger partial charge in [0.25, 0.3) is 20.2 Å². The van der Waals surface area contributed by atoms with E-state index < -0.39 is 31.2 Å². The Labute approximate surface area is 188 Å². The van der Waals surface area contributed by atoms with Gasteiger partial charge in [-0.1, -0.05) is 18.2 Å². The van der Waals surface area contributed by atoms with Crippen LogP contribution in [0.3, 0.4) is 0 Å². The molecule has 0 heterocycles. The summed E-state index contributed by atoms with van der Waals surface area (Å²) in [6.45, 7) is 0. The molecule has 0 saturated heterocycles. The van der Waals surface area contributed by atoms with Gasteiger partial charge in [0.1, 0.15) is 5.75 Å². The van der Waals surface area contributed by atoms with Crippen molar-refractivity contribution < 1.29 is 35.8 Å². The molecule has 0 fully saturated rings. The molecule has 12 heteroatoms. The first-order chi connectivity index (χ1) is 15.4. The Hall–Kier alpha value is -3.71. The number of hydrogen-bond acceptors (Lipinski definition) is 6. The minimum atomic E-state index is -4.55. The molecular weight excluding hydrogens is 472 g/mol. The van der Waals surface area contributed by atoms with E-state index in [1.54, 1.807) is 18.2 Å². The van der Waals surface area contributed by atoms with Crippen LogP contribution in [0.15, 0.2) is 76.5 Å². The molecule has 4 rings (SSSR count). The number of hydrogen-bond donors (Lipinski definition) is 5. The Morgan fingerprint density at radius 2 is 1.42 bits per heavy atom. The van der Waals surface area contributed by atoms with Gasteiger partial charge in [-0.2, -0.15) is 16.8 Å². The molecule has 0 radical (unpaired) electrons. The first-order valence-electron chi connectivity index (χ1n) is 9.24. The molecule has 0 atom stereocenters. The normalized spacial score (nSPS) is 12.1. The summed E-state index contributed by atoms with van der Waals surface area (Å²) in [5.41, 5.74) is 0.536. The van der Waals surface area contributed by atoms with Gasteiger partial charge in [0, 0.05) is 22.5 Å². The van der Waals surface area contributed by atoms with Gasteiger partial charge in [0.2, 0.25) is 0 Å². The summed E-state index contributed by atoms with van der Waals surface area (Å²) in [7, 11) is -8.98. The number of amides is 2. The molecule has 170 valence electrons. The topological polar surface area (TPSA) is 170 Å². The van der Waals surface area contributed by atoms with Gasteiger partial charge in [0.15, 0.2) is 0 Å². The van der Waals surface area contributed by atoms with E-state index in [0.29, 0.717) is 16.2 Å². The van der Waals surface area contributed by atoms with Crippen LogP contribution < -0.4 is 10.6 Å². The molecule has 0 saturated carbocycles. The maximum Gasteiger partial charge on any atom is 0.323 e. The van der Waals surface area contributed by atoms with Crippen LogP contribution in [0, 0.1) is 0 Å².